The molecule has 40 heavy (non-hydrogen) atoms. The second kappa shape index (κ2) is 13.6. The average Bonchev–Trinajstić information content (AvgIpc) is 2.89. The summed E-state index contributed by atoms with van der Waals surface area (Å²) in [4.78, 5) is 20.3. The molecule has 0 fully saturated rings. The van der Waals surface area contributed by atoms with E-state index in [0.717, 1.165) is 0 Å². The van der Waals surface area contributed by atoms with Gasteiger partial charge >= 0.3 is 13.8 Å². The number of rotatable bonds is 13. The molecule has 1 aromatic heterocycles. The number of methoxy groups -OCH3 is 1. The molecule has 1 heterocycles. The molecule has 0 saturated carbocycles. The second-order valence-electron chi connectivity index (χ2n) is 8.25. The van der Waals surface area contributed by atoms with Gasteiger partial charge in [-0.25, -0.2) is 4.98 Å². The Morgan fingerprint density at radius 2 is 1.70 bits per heavy atom. The first-order valence-corrected chi connectivity index (χ1v) is 14.2. The molecule has 14 heteroatoms. The highest BCUT2D eigenvalue weighted by Gasteiger charge is 2.36. The molecule has 0 atom stereocenters. The molecule has 0 bridgehead atoms. The van der Waals surface area contributed by atoms with Crippen LogP contribution in [0.4, 0.5) is 36.3 Å². The summed E-state index contributed by atoms with van der Waals surface area (Å²) in [6.45, 7) is 5.93. The summed E-state index contributed by atoms with van der Waals surface area (Å²) in [5.74, 6) is -0.857. The summed E-state index contributed by atoms with van der Waals surface area (Å²) >= 11 is 0. The van der Waals surface area contributed by atoms with Gasteiger partial charge in [-0.2, -0.15) is 18.2 Å². The molecule has 10 nitrogen and oxygen atoms in total. The molecule has 0 aliphatic heterocycles. The predicted octanol–water partition coefficient (Wildman–Crippen LogP) is 6.51. The van der Waals surface area contributed by atoms with Crippen molar-refractivity contribution in [3.05, 3.63) is 65.4 Å². The minimum Gasteiger partial charge on any atom is -0.495 e. The van der Waals surface area contributed by atoms with E-state index in [-0.39, 0.29) is 36.6 Å². The minimum absolute atomic E-state index is 0.00118. The molecule has 0 aliphatic carbocycles. The SMILES string of the molecule is CCNC(=O)c1ccccc1Nc1nc(Nc2ccc(CP(=O)(OCC)OCC)cc2OC)ncc1C(F)(F)F. The fraction of sp³-hybridized carbons (Fsp3) is 0.346. The Morgan fingerprint density at radius 3 is 2.33 bits per heavy atom. The standard InChI is InChI=1S/C26H31F3N5O5P/c1-5-30-24(35)18-10-8-9-11-20(18)32-23-19(26(27,28)29)15-31-25(34-23)33-21-13-12-17(14-22(21)37-4)16-40(36,38-6-2)39-7-3/h8-15H,5-7,16H2,1-4H3,(H,30,35)(H2,31,32,33,34). The van der Waals surface area contributed by atoms with Gasteiger partial charge < -0.3 is 29.7 Å². The van der Waals surface area contributed by atoms with Crippen molar-refractivity contribution in [1.82, 2.24) is 15.3 Å². The van der Waals surface area contributed by atoms with Crippen LogP contribution in [0.5, 0.6) is 5.75 Å². The third kappa shape index (κ3) is 7.93. The number of hydrogen-bond donors (Lipinski definition) is 3. The van der Waals surface area contributed by atoms with E-state index in [1.807, 2.05) is 0 Å². The fourth-order valence-corrected chi connectivity index (χ4v) is 5.41. The van der Waals surface area contributed by atoms with E-state index in [2.05, 4.69) is 25.9 Å². The van der Waals surface area contributed by atoms with E-state index in [4.69, 9.17) is 13.8 Å². The van der Waals surface area contributed by atoms with Crippen LogP contribution in [0.2, 0.25) is 0 Å². The Hall–Kier alpha value is -3.67. The van der Waals surface area contributed by atoms with Gasteiger partial charge in [0.15, 0.2) is 0 Å². The van der Waals surface area contributed by atoms with Crippen molar-refractivity contribution in [3.63, 3.8) is 0 Å². The molecule has 0 aliphatic rings. The zero-order chi connectivity index (χ0) is 29.3. The van der Waals surface area contributed by atoms with Gasteiger partial charge in [0.2, 0.25) is 5.95 Å². The van der Waals surface area contributed by atoms with E-state index in [9.17, 15) is 22.5 Å². The van der Waals surface area contributed by atoms with E-state index < -0.39 is 31.1 Å². The number of aromatic nitrogens is 2. The summed E-state index contributed by atoms with van der Waals surface area (Å²) in [7, 11) is -1.96. The largest absolute Gasteiger partial charge is 0.495 e. The molecule has 1 amide bonds. The molecule has 216 valence electrons. The normalized spacial score (nSPS) is 11.7. The van der Waals surface area contributed by atoms with Gasteiger partial charge in [-0.3, -0.25) is 9.36 Å². The molecular weight excluding hydrogens is 550 g/mol. The number of ether oxygens (including phenoxy) is 1. The topological polar surface area (TPSA) is 124 Å². The van der Waals surface area contributed by atoms with Crippen LogP contribution in [0.25, 0.3) is 0 Å². The number of para-hydroxylation sites is 1. The van der Waals surface area contributed by atoms with Crippen LogP contribution in [0, 0.1) is 0 Å². The van der Waals surface area contributed by atoms with Gasteiger partial charge in [0.1, 0.15) is 17.1 Å². The molecule has 2 aromatic carbocycles. The number of amides is 1. The van der Waals surface area contributed by atoms with E-state index >= 15 is 0 Å². The Morgan fingerprint density at radius 1 is 1.00 bits per heavy atom. The molecule has 3 aromatic rings. The Balaban J connectivity index is 1.94. The number of carbonyl (C=O) groups is 1. The number of nitrogens with one attached hydrogen (secondary N) is 3. The molecule has 0 unspecified atom stereocenters. The fourth-order valence-electron chi connectivity index (χ4n) is 3.72. The second-order valence-corrected chi connectivity index (χ2v) is 10.3. The van der Waals surface area contributed by atoms with Crippen LogP contribution in [-0.2, 0) is 26.0 Å². The van der Waals surface area contributed by atoms with Crippen LogP contribution >= 0.6 is 7.60 Å². The smallest absolute Gasteiger partial charge is 0.421 e. The summed E-state index contributed by atoms with van der Waals surface area (Å²) in [5.41, 5.74) is 0.124. The molecule has 0 spiro atoms. The first kappa shape index (κ1) is 30.9. The van der Waals surface area contributed by atoms with Crippen LogP contribution in [-0.4, -0.2) is 42.7 Å². The van der Waals surface area contributed by atoms with Gasteiger partial charge in [0, 0.05) is 12.7 Å². The maximum Gasteiger partial charge on any atom is 0.421 e. The maximum absolute atomic E-state index is 13.8. The number of carbonyl (C=O) groups excluding carboxylic acids is 1. The number of nitrogens with zero attached hydrogens (tertiary/aromatic N) is 2. The molecule has 0 radical (unpaired) electrons. The van der Waals surface area contributed by atoms with E-state index in [1.165, 1.54) is 19.2 Å². The van der Waals surface area contributed by atoms with Crippen molar-refractivity contribution in [2.24, 2.45) is 0 Å². The van der Waals surface area contributed by atoms with Gasteiger partial charge in [-0.05, 0) is 50.6 Å². The lowest BCUT2D eigenvalue weighted by molar-refractivity contribution is -0.137. The number of halogens is 3. The highest BCUT2D eigenvalue weighted by atomic mass is 31.2. The molecular formula is C26H31F3N5O5P. The maximum atomic E-state index is 13.8. The summed E-state index contributed by atoms with van der Waals surface area (Å²) in [6.07, 6.45) is -4.12. The van der Waals surface area contributed by atoms with Gasteiger partial charge in [0.05, 0.1) is 43.4 Å². The Labute approximate surface area is 230 Å². The van der Waals surface area contributed by atoms with E-state index in [1.54, 1.807) is 51.1 Å². The lowest BCUT2D eigenvalue weighted by Gasteiger charge is -2.19. The number of hydrogen-bond acceptors (Lipinski definition) is 9. The monoisotopic (exact) mass is 581 g/mol. The quantitative estimate of drug-likeness (QED) is 0.194. The highest BCUT2D eigenvalue weighted by Crippen LogP contribution is 2.51. The van der Waals surface area contributed by atoms with Crippen LogP contribution in [0.3, 0.4) is 0 Å². The van der Waals surface area contributed by atoms with Crippen LogP contribution in [0.15, 0.2) is 48.7 Å². The minimum atomic E-state index is -4.77. The summed E-state index contributed by atoms with van der Waals surface area (Å²) < 4.78 is 70.5. The van der Waals surface area contributed by atoms with E-state index in [0.29, 0.717) is 29.7 Å². The predicted molar refractivity (Wildman–Crippen MR) is 146 cm³/mol. The molecule has 3 N–H and O–H groups in total. The Bertz CT molecular complexity index is 1360. The average molecular weight is 582 g/mol. The third-order valence-electron chi connectivity index (χ3n) is 5.40. The number of anilines is 4. The van der Waals surface area contributed by atoms with Gasteiger partial charge in [-0.1, -0.05) is 18.2 Å². The number of alkyl halides is 3. The third-order valence-corrected chi connectivity index (χ3v) is 7.45. The lowest BCUT2D eigenvalue weighted by atomic mass is 10.1. The van der Waals surface area contributed by atoms with Crippen LogP contribution in [0.1, 0.15) is 42.3 Å². The van der Waals surface area contributed by atoms with Crippen molar-refractivity contribution in [1.29, 1.82) is 0 Å². The zero-order valence-corrected chi connectivity index (χ0v) is 23.4. The Kier molecular flexibility index (Phi) is 10.5. The van der Waals surface area contributed by atoms with Crippen molar-refractivity contribution in [2.75, 3.05) is 37.5 Å². The van der Waals surface area contributed by atoms with Crippen molar-refractivity contribution in [3.8, 4) is 5.75 Å². The highest BCUT2D eigenvalue weighted by molar-refractivity contribution is 7.53. The van der Waals surface area contributed by atoms with Gasteiger partial charge in [-0.15, -0.1) is 0 Å². The first-order chi connectivity index (χ1) is 19.0. The van der Waals surface area contributed by atoms with Crippen molar-refractivity contribution in [2.45, 2.75) is 33.1 Å². The molecule has 0 saturated heterocycles. The number of benzene rings is 2. The molecule has 3 rings (SSSR count). The first-order valence-electron chi connectivity index (χ1n) is 12.4. The summed E-state index contributed by atoms with van der Waals surface area (Å²) in [6, 6.07) is 11.0. The zero-order valence-electron chi connectivity index (χ0n) is 22.5. The van der Waals surface area contributed by atoms with Crippen molar-refractivity contribution >= 4 is 36.6 Å². The lowest BCUT2D eigenvalue weighted by Crippen LogP contribution is -2.23. The van der Waals surface area contributed by atoms with Crippen molar-refractivity contribution < 1.29 is 36.3 Å². The van der Waals surface area contributed by atoms with Gasteiger partial charge in [0.25, 0.3) is 5.91 Å². The van der Waals surface area contributed by atoms with Crippen LogP contribution < -0.4 is 20.7 Å². The summed E-state index contributed by atoms with van der Waals surface area (Å²) in [5, 5.41) is 8.13.